The molecule has 2 aromatic rings. The zero-order chi connectivity index (χ0) is 17.4. The van der Waals surface area contributed by atoms with Gasteiger partial charge in [0.15, 0.2) is 0 Å². The van der Waals surface area contributed by atoms with Crippen molar-refractivity contribution >= 4 is 23.2 Å². The molecule has 0 saturated heterocycles. The third kappa shape index (κ3) is 5.53. The SMILES string of the molecule is CCCCN(C)c1ccnc(C(=O)NCCc2cccc(Cl)c2)c1. The van der Waals surface area contributed by atoms with Crippen molar-refractivity contribution in [2.75, 3.05) is 25.0 Å². The predicted octanol–water partition coefficient (Wildman–Crippen LogP) is 3.94. The van der Waals surface area contributed by atoms with Crippen LogP contribution < -0.4 is 10.2 Å². The van der Waals surface area contributed by atoms with Crippen molar-refractivity contribution in [3.63, 3.8) is 0 Å². The molecule has 1 N–H and O–H groups in total. The summed E-state index contributed by atoms with van der Waals surface area (Å²) in [5.41, 5.74) is 2.56. The Morgan fingerprint density at radius 3 is 2.88 bits per heavy atom. The number of unbranched alkanes of at least 4 members (excludes halogenated alkanes) is 1. The first-order chi connectivity index (χ1) is 11.6. The van der Waals surface area contributed by atoms with Crippen molar-refractivity contribution in [2.24, 2.45) is 0 Å². The van der Waals surface area contributed by atoms with Gasteiger partial charge in [0.05, 0.1) is 0 Å². The van der Waals surface area contributed by atoms with Crippen molar-refractivity contribution in [3.05, 3.63) is 58.9 Å². The van der Waals surface area contributed by atoms with Crippen molar-refractivity contribution in [1.82, 2.24) is 10.3 Å². The van der Waals surface area contributed by atoms with Crippen LogP contribution in [0.2, 0.25) is 5.02 Å². The van der Waals surface area contributed by atoms with Crippen molar-refractivity contribution in [3.8, 4) is 0 Å². The highest BCUT2D eigenvalue weighted by Crippen LogP contribution is 2.14. The summed E-state index contributed by atoms with van der Waals surface area (Å²) in [7, 11) is 2.03. The summed E-state index contributed by atoms with van der Waals surface area (Å²) in [4.78, 5) is 18.6. The van der Waals surface area contributed by atoms with Gasteiger partial charge in [-0.05, 0) is 42.7 Å². The number of nitrogens with one attached hydrogen (secondary N) is 1. The molecule has 0 fully saturated rings. The van der Waals surface area contributed by atoms with E-state index >= 15 is 0 Å². The van der Waals surface area contributed by atoms with Gasteiger partial charge in [-0.3, -0.25) is 9.78 Å². The van der Waals surface area contributed by atoms with E-state index in [1.165, 1.54) is 0 Å². The van der Waals surface area contributed by atoms with Crippen LogP contribution in [0.3, 0.4) is 0 Å². The van der Waals surface area contributed by atoms with Gasteiger partial charge in [-0.25, -0.2) is 0 Å². The number of pyridine rings is 1. The number of benzene rings is 1. The van der Waals surface area contributed by atoms with E-state index in [4.69, 9.17) is 11.6 Å². The maximum atomic E-state index is 12.3. The van der Waals surface area contributed by atoms with E-state index in [9.17, 15) is 4.79 Å². The minimum atomic E-state index is -0.150. The molecule has 1 aromatic carbocycles. The molecular formula is C19H24ClN3O. The summed E-state index contributed by atoms with van der Waals surface area (Å²) in [6, 6.07) is 11.4. The lowest BCUT2D eigenvalue weighted by Crippen LogP contribution is -2.27. The Morgan fingerprint density at radius 2 is 2.12 bits per heavy atom. The highest BCUT2D eigenvalue weighted by Gasteiger charge is 2.09. The predicted molar refractivity (Wildman–Crippen MR) is 99.9 cm³/mol. The van der Waals surface area contributed by atoms with Crippen LogP contribution in [0.15, 0.2) is 42.6 Å². The molecule has 0 aliphatic heterocycles. The van der Waals surface area contributed by atoms with Crippen LogP contribution in [-0.4, -0.2) is 31.0 Å². The first-order valence-electron chi connectivity index (χ1n) is 8.30. The van der Waals surface area contributed by atoms with Crippen LogP contribution in [0, 0.1) is 0 Å². The molecule has 1 amide bonds. The van der Waals surface area contributed by atoms with Gasteiger partial charge in [0.2, 0.25) is 0 Å². The summed E-state index contributed by atoms with van der Waals surface area (Å²) < 4.78 is 0. The standard InChI is InChI=1S/C19H24ClN3O/c1-3-4-12-23(2)17-9-11-21-18(14-17)19(24)22-10-8-15-6-5-7-16(20)13-15/h5-7,9,11,13-14H,3-4,8,10,12H2,1-2H3,(H,22,24). The molecule has 5 heteroatoms. The molecule has 1 aromatic heterocycles. The average molecular weight is 346 g/mol. The van der Waals surface area contributed by atoms with Crippen LogP contribution in [0.1, 0.15) is 35.8 Å². The molecule has 0 bridgehead atoms. The lowest BCUT2D eigenvalue weighted by atomic mass is 10.1. The number of carbonyl (C=O) groups excluding carboxylic acids is 1. The highest BCUT2D eigenvalue weighted by atomic mass is 35.5. The second kappa shape index (κ2) is 9.28. The molecule has 0 radical (unpaired) electrons. The zero-order valence-electron chi connectivity index (χ0n) is 14.3. The molecule has 0 atom stereocenters. The average Bonchev–Trinajstić information content (AvgIpc) is 2.59. The van der Waals surface area contributed by atoms with Crippen molar-refractivity contribution < 1.29 is 4.79 Å². The summed E-state index contributed by atoms with van der Waals surface area (Å²) in [5.74, 6) is -0.150. The van der Waals surface area contributed by atoms with Crippen molar-refractivity contribution in [1.29, 1.82) is 0 Å². The molecule has 0 unspecified atom stereocenters. The van der Waals surface area contributed by atoms with Crippen LogP contribution in [-0.2, 0) is 6.42 Å². The maximum Gasteiger partial charge on any atom is 0.269 e. The zero-order valence-corrected chi connectivity index (χ0v) is 15.0. The molecule has 128 valence electrons. The molecule has 2 rings (SSSR count). The molecule has 0 aliphatic rings. The number of halogens is 1. The van der Waals surface area contributed by atoms with Gasteiger partial charge in [-0.1, -0.05) is 37.1 Å². The number of rotatable bonds is 8. The second-order valence-corrected chi connectivity index (χ2v) is 6.25. The van der Waals surface area contributed by atoms with Gasteiger partial charge in [0.1, 0.15) is 5.69 Å². The van der Waals surface area contributed by atoms with Gasteiger partial charge < -0.3 is 10.2 Å². The topological polar surface area (TPSA) is 45.2 Å². The van der Waals surface area contributed by atoms with E-state index in [1.807, 2.05) is 43.4 Å². The monoisotopic (exact) mass is 345 g/mol. The molecular weight excluding hydrogens is 322 g/mol. The number of carbonyl (C=O) groups is 1. The van der Waals surface area contributed by atoms with E-state index in [0.29, 0.717) is 17.3 Å². The number of hydrogen-bond acceptors (Lipinski definition) is 3. The Kier molecular flexibility index (Phi) is 7.07. The Hall–Kier alpha value is -2.07. The van der Waals surface area contributed by atoms with Crippen LogP contribution in [0.25, 0.3) is 0 Å². The fourth-order valence-electron chi connectivity index (χ4n) is 2.41. The summed E-state index contributed by atoms with van der Waals surface area (Å²) in [6.07, 6.45) is 4.69. The van der Waals surface area contributed by atoms with Gasteiger partial charge in [0.25, 0.3) is 5.91 Å². The Morgan fingerprint density at radius 1 is 1.29 bits per heavy atom. The second-order valence-electron chi connectivity index (χ2n) is 5.81. The first-order valence-corrected chi connectivity index (χ1v) is 8.67. The van der Waals surface area contributed by atoms with Crippen LogP contribution >= 0.6 is 11.6 Å². The van der Waals surface area contributed by atoms with E-state index in [0.717, 1.165) is 37.1 Å². The number of anilines is 1. The number of hydrogen-bond donors (Lipinski definition) is 1. The lowest BCUT2D eigenvalue weighted by Gasteiger charge is -2.19. The lowest BCUT2D eigenvalue weighted by molar-refractivity contribution is 0.0949. The summed E-state index contributed by atoms with van der Waals surface area (Å²) in [5, 5.41) is 3.62. The largest absolute Gasteiger partial charge is 0.374 e. The minimum absolute atomic E-state index is 0.150. The third-order valence-electron chi connectivity index (χ3n) is 3.85. The Bertz CT molecular complexity index is 675. The van der Waals surface area contributed by atoms with E-state index in [2.05, 4.69) is 22.1 Å². The highest BCUT2D eigenvalue weighted by molar-refractivity contribution is 6.30. The van der Waals surface area contributed by atoms with Gasteiger partial charge >= 0.3 is 0 Å². The summed E-state index contributed by atoms with van der Waals surface area (Å²) in [6.45, 7) is 3.69. The van der Waals surface area contributed by atoms with Gasteiger partial charge in [-0.15, -0.1) is 0 Å². The fourth-order valence-corrected chi connectivity index (χ4v) is 2.62. The summed E-state index contributed by atoms with van der Waals surface area (Å²) >= 11 is 5.96. The molecule has 0 spiro atoms. The molecule has 4 nitrogen and oxygen atoms in total. The van der Waals surface area contributed by atoms with E-state index < -0.39 is 0 Å². The Balaban J connectivity index is 1.90. The normalized spacial score (nSPS) is 10.5. The number of amides is 1. The number of nitrogens with zero attached hydrogens (tertiary/aromatic N) is 2. The smallest absolute Gasteiger partial charge is 0.269 e. The number of aromatic nitrogens is 1. The third-order valence-corrected chi connectivity index (χ3v) is 4.09. The fraction of sp³-hybridized carbons (Fsp3) is 0.368. The van der Waals surface area contributed by atoms with Gasteiger partial charge in [0, 0.05) is 37.0 Å². The van der Waals surface area contributed by atoms with E-state index in [1.54, 1.807) is 6.20 Å². The quantitative estimate of drug-likeness (QED) is 0.788. The van der Waals surface area contributed by atoms with Crippen LogP contribution in [0.5, 0.6) is 0 Å². The van der Waals surface area contributed by atoms with Gasteiger partial charge in [-0.2, -0.15) is 0 Å². The molecule has 0 aliphatic carbocycles. The first kappa shape index (κ1) is 18.3. The molecule has 1 heterocycles. The Labute approximate surface area is 148 Å². The molecule has 0 saturated carbocycles. The molecule has 24 heavy (non-hydrogen) atoms. The van der Waals surface area contributed by atoms with Crippen molar-refractivity contribution in [2.45, 2.75) is 26.2 Å². The van der Waals surface area contributed by atoms with E-state index in [-0.39, 0.29) is 5.91 Å². The minimum Gasteiger partial charge on any atom is -0.374 e. The maximum absolute atomic E-state index is 12.3. The van der Waals surface area contributed by atoms with Crippen LogP contribution in [0.4, 0.5) is 5.69 Å².